The second-order valence-corrected chi connectivity index (χ2v) is 7.13. The van der Waals surface area contributed by atoms with Crippen molar-refractivity contribution in [1.82, 2.24) is 5.32 Å². The van der Waals surface area contributed by atoms with E-state index in [1.54, 1.807) is 0 Å². The molecular formula is C19H29ClN2O2. The summed E-state index contributed by atoms with van der Waals surface area (Å²) in [4.78, 5) is 12.5. The Kier molecular flexibility index (Phi) is 6.67. The zero-order chi connectivity index (χ0) is 16.3. The SMILES string of the molecule is Cc1ccccc1C1(CNC(=O)C2CCCC2N)CCOCC1.Cl. The number of hydrogen-bond acceptors (Lipinski definition) is 3. The summed E-state index contributed by atoms with van der Waals surface area (Å²) in [5, 5.41) is 3.22. The average Bonchev–Trinajstić information content (AvgIpc) is 3.00. The molecule has 5 heteroatoms. The van der Waals surface area contributed by atoms with Crippen molar-refractivity contribution in [2.75, 3.05) is 19.8 Å². The third kappa shape index (κ3) is 3.93. The topological polar surface area (TPSA) is 64.4 Å². The lowest BCUT2D eigenvalue weighted by atomic mass is 9.72. The van der Waals surface area contributed by atoms with E-state index >= 15 is 0 Å². The summed E-state index contributed by atoms with van der Waals surface area (Å²) >= 11 is 0. The van der Waals surface area contributed by atoms with Crippen molar-refractivity contribution < 1.29 is 9.53 Å². The molecule has 4 nitrogen and oxygen atoms in total. The van der Waals surface area contributed by atoms with Crippen molar-refractivity contribution in [3.63, 3.8) is 0 Å². The second kappa shape index (κ2) is 8.32. The average molecular weight is 353 g/mol. The number of nitrogens with two attached hydrogens (primary N) is 1. The minimum Gasteiger partial charge on any atom is -0.381 e. The van der Waals surface area contributed by atoms with Gasteiger partial charge < -0.3 is 15.8 Å². The van der Waals surface area contributed by atoms with Gasteiger partial charge in [0.25, 0.3) is 0 Å². The van der Waals surface area contributed by atoms with Gasteiger partial charge in [0.05, 0.1) is 5.92 Å². The van der Waals surface area contributed by atoms with Gasteiger partial charge in [-0.1, -0.05) is 30.7 Å². The van der Waals surface area contributed by atoms with E-state index in [2.05, 4.69) is 36.5 Å². The Morgan fingerprint density at radius 3 is 2.62 bits per heavy atom. The van der Waals surface area contributed by atoms with E-state index in [1.807, 2.05) is 0 Å². The summed E-state index contributed by atoms with van der Waals surface area (Å²) in [5.74, 6) is 0.123. The van der Waals surface area contributed by atoms with Crippen LogP contribution in [0.2, 0.25) is 0 Å². The Morgan fingerprint density at radius 1 is 1.29 bits per heavy atom. The lowest BCUT2D eigenvalue weighted by Gasteiger charge is -2.39. The molecular weight excluding hydrogens is 324 g/mol. The number of halogens is 1. The molecule has 0 bridgehead atoms. The first kappa shape index (κ1) is 19.2. The molecule has 0 spiro atoms. The van der Waals surface area contributed by atoms with E-state index in [9.17, 15) is 4.79 Å². The minimum absolute atomic E-state index is 0. The lowest BCUT2D eigenvalue weighted by Crippen LogP contribution is -2.48. The van der Waals surface area contributed by atoms with Gasteiger partial charge in [0.2, 0.25) is 5.91 Å². The maximum absolute atomic E-state index is 12.5. The Balaban J connectivity index is 0.00000208. The van der Waals surface area contributed by atoms with Gasteiger partial charge >= 0.3 is 0 Å². The summed E-state index contributed by atoms with van der Waals surface area (Å²) in [6.45, 7) is 4.35. The Morgan fingerprint density at radius 2 is 2.00 bits per heavy atom. The second-order valence-electron chi connectivity index (χ2n) is 7.13. The molecule has 1 heterocycles. The fourth-order valence-electron chi connectivity index (χ4n) is 4.17. The van der Waals surface area contributed by atoms with Crippen LogP contribution in [-0.4, -0.2) is 31.7 Å². The first-order valence-electron chi connectivity index (χ1n) is 8.79. The molecule has 2 aliphatic rings. The first-order valence-corrected chi connectivity index (χ1v) is 8.79. The molecule has 1 amide bonds. The maximum atomic E-state index is 12.5. The molecule has 134 valence electrons. The Hall–Kier alpha value is -1.10. The van der Waals surface area contributed by atoms with E-state index in [-0.39, 0.29) is 35.7 Å². The molecule has 2 atom stereocenters. The summed E-state index contributed by atoms with van der Waals surface area (Å²) in [6, 6.07) is 8.55. The molecule has 0 radical (unpaired) electrons. The molecule has 2 fully saturated rings. The molecule has 1 aromatic carbocycles. The first-order chi connectivity index (χ1) is 11.1. The third-order valence-corrected chi connectivity index (χ3v) is 5.67. The molecule has 1 aliphatic carbocycles. The van der Waals surface area contributed by atoms with Gasteiger partial charge in [-0.05, 0) is 43.7 Å². The van der Waals surface area contributed by atoms with Crippen LogP contribution in [0.3, 0.4) is 0 Å². The van der Waals surface area contributed by atoms with Gasteiger partial charge in [-0.2, -0.15) is 0 Å². The van der Waals surface area contributed by atoms with Crippen LogP contribution in [0.4, 0.5) is 0 Å². The van der Waals surface area contributed by atoms with Crippen LogP contribution in [0.5, 0.6) is 0 Å². The number of rotatable bonds is 4. The van der Waals surface area contributed by atoms with Crippen molar-refractivity contribution in [2.24, 2.45) is 11.7 Å². The number of benzene rings is 1. The van der Waals surface area contributed by atoms with Crippen molar-refractivity contribution in [3.8, 4) is 0 Å². The summed E-state index contributed by atoms with van der Waals surface area (Å²) in [6.07, 6.45) is 4.86. The van der Waals surface area contributed by atoms with E-state index in [0.29, 0.717) is 6.54 Å². The van der Waals surface area contributed by atoms with Crippen LogP contribution >= 0.6 is 12.4 Å². The van der Waals surface area contributed by atoms with Crippen molar-refractivity contribution in [1.29, 1.82) is 0 Å². The molecule has 1 aromatic rings. The molecule has 1 saturated carbocycles. The monoisotopic (exact) mass is 352 g/mol. The zero-order valence-electron chi connectivity index (χ0n) is 14.4. The van der Waals surface area contributed by atoms with Gasteiger partial charge in [0.1, 0.15) is 0 Å². The van der Waals surface area contributed by atoms with Crippen LogP contribution in [-0.2, 0) is 14.9 Å². The number of amides is 1. The molecule has 24 heavy (non-hydrogen) atoms. The van der Waals surface area contributed by atoms with Gasteiger partial charge in [0, 0.05) is 31.2 Å². The number of nitrogens with one attached hydrogen (secondary N) is 1. The van der Waals surface area contributed by atoms with Crippen molar-refractivity contribution >= 4 is 18.3 Å². The highest BCUT2D eigenvalue weighted by atomic mass is 35.5. The molecule has 3 N–H and O–H groups in total. The summed E-state index contributed by atoms with van der Waals surface area (Å²) in [7, 11) is 0. The Labute approximate surface area is 150 Å². The number of hydrogen-bond donors (Lipinski definition) is 2. The number of carbonyl (C=O) groups excluding carboxylic acids is 1. The minimum atomic E-state index is -0.0120. The Bertz CT molecular complexity index is 558. The van der Waals surface area contributed by atoms with Crippen LogP contribution in [0.25, 0.3) is 0 Å². The van der Waals surface area contributed by atoms with E-state index in [1.165, 1.54) is 11.1 Å². The summed E-state index contributed by atoms with van der Waals surface area (Å²) in [5.41, 5.74) is 8.70. The van der Waals surface area contributed by atoms with E-state index < -0.39 is 0 Å². The van der Waals surface area contributed by atoms with Gasteiger partial charge in [-0.3, -0.25) is 4.79 Å². The van der Waals surface area contributed by atoms with Crippen molar-refractivity contribution in [3.05, 3.63) is 35.4 Å². The molecule has 1 aliphatic heterocycles. The maximum Gasteiger partial charge on any atom is 0.224 e. The van der Waals surface area contributed by atoms with Crippen LogP contribution in [0.1, 0.15) is 43.2 Å². The highest BCUT2D eigenvalue weighted by Gasteiger charge is 2.37. The van der Waals surface area contributed by atoms with E-state index in [0.717, 1.165) is 45.3 Å². The van der Waals surface area contributed by atoms with Gasteiger partial charge in [0.15, 0.2) is 0 Å². The van der Waals surface area contributed by atoms with E-state index in [4.69, 9.17) is 10.5 Å². The molecule has 1 saturated heterocycles. The van der Waals surface area contributed by atoms with Crippen LogP contribution < -0.4 is 11.1 Å². The lowest BCUT2D eigenvalue weighted by molar-refractivity contribution is -0.125. The molecule has 3 rings (SSSR count). The standard InChI is InChI=1S/C19H28N2O2.ClH/c1-14-5-2-3-7-16(14)19(9-11-23-12-10-19)13-21-18(22)15-6-4-8-17(15)20;/h2-3,5,7,15,17H,4,6,8-13,20H2,1H3,(H,21,22);1H. The van der Waals surface area contributed by atoms with Crippen LogP contribution in [0, 0.1) is 12.8 Å². The zero-order valence-corrected chi connectivity index (χ0v) is 15.2. The predicted octanol–water partition coefficient (Wildman–Crippen LogP) is 2.71. The molecule has 2 unspecified atom stereocenters. The molecule has 0 aromatic heterocycles. The highest BCUT2D eigenvalue weighted by molar-refractivity contribution is 5.85. The van der Waals surface area contributed by atoms with Crippen LogP contribution in [0.15, 0.2) is 24.3 Å². The fraction of sp³-hybridized carbons (Fsp3) is 0.632. The number of ether oxygens (including phenoxy) is 1. The highest BCUT2D eigenvalue weighted by Crippen LogP contribution is 2.36. The quantitative estimate of drug-likeness (QED) is 0.875. The smallest absolute Gasteiger partial charge is 0.224 e. The fourth-order valence-corrected chi connectivity index (χ4v) is 4.17. The number of carbonyl (C=O) groups is 1. The van der Waals surface area contributed by atoms with Crippen molar-refractivity contribution in [2.45, 2.75) is 50.5 Å². The van der Waals surface area contributed by atoms with Gasteiger partial charge in [-0.15, -0.1) is 12.4 Å². The normalized spacial score (nSPS) is 25.8. The third-order valence-electron chi connectivity index (χ3n) is 5.67. The largest absolute Gasteiger partial charge is 0.381 e. The number of aryl methyl sites for hydroxylation is 1. The summed E-state index contributed by atoms with van der Waals surface area (Å²) < 4.78 is 5.58. The van der Waals surface area contributed by atoms with Gasteiger partial charge in [-0.25, -0.2) is 0 Å². The predicted molar refractivity (Wildman–Crippen MR) is 98.5 cm³/mol.